The lowest BCUT2D eigenvalue weighted by Gasteiger charge is -2.22. The summed E-state index contributed by atoms with van der Waals surface area (Å²) in [5, 5.41) is 0.310. The second-order valence-corrected chi connectivity index (χ2v) is 9.67. The van der Waals surface area contributed by atoms with Crippen molar-refractivity contribution in [1.29, 1.82) is 0 Å². The van der Waals surface area contributed by atoms with Crippen LogP contribution in [0.25, 0.3) is 0 Å². The van der Waals surface area contributed by atoms with Crippen LogP contribution in [0, 0.1) is 0 Å². The van der Waals surface area contributed by atoms with Crippen molar-refractivity contribution in [3.8, 4) is 28.7 Å². The molecule has 1 heterocycles. The van der Waals surface area contributed by atoms with Gasteiger partial charge in [0.1, 0.15) is 0 Å². The Morgan fingerprint density at radius 1 is 0.733 bits per heavy atom. The van der Waals surface area contributed by atoms with E-state index >= 15 is 0 Å². The minimum atomic E-state index is 0.285. The maximum Gasteiger partial charge on any atom is 0.203 e. The zero-order valence-corrected chi connectivity index (χ0v) is 20.1. The van der Waals surface area contributed by atoms with Crippen LogP contribution in [0.3, 0.4) is 0 Å². The number of hydrogen-bond acceptors (Lipinski definition) is 8. The zero-order valence-electron chi connectivity index (χ0n) is 18.5. The van der Waals surface area contributed by atoms with Gasteiger partial charge in [-0.1, -0.05) is 0 Å². The first-order valence-electron chi connectivity index (χ1n) is 9.47. The number of anilines is 1. The van der Waals surface area contributed by atoms with Crippen LogP contribution in [0.2, 0.25) is 0 Å². The molecule has 3 rings (SSSR count). The molecule has 0 aliphatic carbocycles. The minimum absolute atomic E-state index is 0.285. The summed E-state index contributed by atoms with van der Waals surface area (Å²) in [6.07, 6.45) is 0. The highest BCUT2D eigenvalue weighted by atomic mass is 32.2. The Morgan fingerprint density at radius 2 is 1.27 bits per heavy atom. The summed E-state index contributed by atoms with van der Waals surface area (Å²) >= 11 is 3.84. The molecular weight excluding hydrogens is 422 g/mol. The Labute approximate surface area is 187 Å². The molecule has 2 aromatic rings. The molecule has 1 aliphatic rings. The summed E-state index contributed by atoms with van der Waals surface area (Å²) in [5.41, 5.74) is 3.38. The van der Waals surface area contributed by atoms with Gasteiger partial charge in [-0.15, -0.1) is 23.5 Å². The molecule has 0 N–H and O–H groups in total. The van der Waals surface area contributed by atoms with Crippen LogP contribution in [-0.4, -0.2) is 55.4 Å². The lowest BCUT2D eigenvalue weighted by molar-refractivity contribution is 0.324. The van der Waals surface area contributed by atoms with Crippen molar-refractivity contribution in [2.75, 3.05) is 60.3 Å². The third-order valence-corrected chi connectivity index (χ3v) is 8.32. The molecule has 0 bridgehead atoms. The monoisotopic (exact) mass is 451 g/mol. The Balaban J connectivity index is 1.91. The van der Waals surface area contributed by atoms with Crippen LogP contribution in [0.5, 0.6) is 28.7 Å². The first-order chi connectivity index (χ1) is 14.5. The smallest absolute Gasteiger partial charge is 0.203 e. The molecule has 8 heteroatoms. The summed E-state index contributed by atoms with van der Waals surface area (Å²) in [7, 11) is 12.3. The van der Waals surface area contributed by atoms with Crippen molar-refractivity contribution in [2.24, 2.45) is 0 Å². The molecule has 6 nitrogen and oxygen atoms in total. The van der Waals surface area contributed by atoms with Crippen molar-refractivity contribution in [3.63, 3.8) is 0 Å². The molecule has 2 unspecified atom stereocenters. The van der Waals surface area contributed by atoms with Gasteiger partial charge in [0.05, 0.1) is 45.8 Å². The molecule has 164 valence electrons. The van der Waals surface area contributed by atoms with Gasteiger partial charge in [0.2, 0.25) is 5.75 Å². The van der Waals surface area contributed by atoms with E-state index in [9.17, 15) is 0 Å². The van der Waals surface area contributed by atoms with Gasteiger partial charge in [0.15, 0.2) is 23.0 Å². The second kappa shape index (κ2) is 9.83. The molecule has 1 saturated heterocycles. The topological polar surface area (TPSA) is 49.4 Å². The number of rotatable bonds is 8. The first kappa shape index (κ1) is 22.6. The van der Waals surface area contributed by atoms with E-state index in [-0.39, 0.29) is 4.58 Å². The first-order valence-corrected chi connectivity index (χ1v) is 11.5. The summed E-state index contributed by atoms with van der Waals surface area (Å²) < 4.78 is 28.0. The van der Waals surface area contributed by atoms with Crippen molar-refractivity contribution >= 4 is 29.2 Å². The highest BCUT2D eigenvalue weighted by molar-refractivity contribution is 8.19. The Morgan fingerprint density at radius 3 is 1.77 bits per heavy atom. The molecule has 2 aromatic carbocycles. The Bertz CT molecular complexity index is 865. The molecule has 0 aromatic heterocycles. The summed E-state index contributed by atoms with van der Waals surface area (Å²) in [5.74, 6) is 4.46. The standard InChI is InChI=1S/C22H29NO5S2/c1-23(2)15-8-14(11-16(24-3)20(15)27-6)22-29-12-19(30-22)13-9-17(25-4)21(28-7)18(10-13)26-5/h8-11,19,22H,12H2,1-7H3. The van der Waals surface area contributed by atoms with Gasteiger partial charge in [-0.05, 0) is 35.4 Å². The van der Waals surface area contributed by atoms with Crippen LogP contribution >= 0.6 is 23.5 Å². The van der Waals surface area contributed by atoms with E-state index in [1.807, 2.05) is 54.7 Å². The predicted octanol–water partition coefficient (Wildman–Crippen LogP) is 5.02. The van der Waals surface area contributed by atoms with Gasteiger partial charge in [-0.25, -0.2) is 0 Å². The number of ether oxygens (including phenoxy) is 5. The number of nitrogens with zero attached hydrogens (tertiary/aromatic N) is 1. The number of benzene rings is 2. The van der Waals surface area contributed by atoms with Crippen LogP contribution < -0.4 is 28.6 Å². The molecule has 0 spiro atoms. The van der Waals surface area contributed by atoms with Crippen LogP contribution in [0.15, 0.2) is 24.3 Å². The molecule has 0 radical (unpaired) electrons. The van der Waals surface area contributed by atoms with E-state index in [2.05, 4.69) is 12.1 Å². The largest absolute Gasteiger partial charge is 0.493 e. The fourth-order valence-electron chi connectivity index (χ4n) is 3.47. The minimum Gasteiger partial charge on any atom is -0.493 e. The fraction of sp³-hybridized carbons (Fsp3) is 0.455. The van der Waals surface area contributed by atoms with Gasteiger partial charge in [-0.3, -0.25) is 0 Å². The Kier molecular flexibility index (Phi) is 7.41. The zero-order chi connectivity index (χ0) is 21.8. The van der Waals surface area contributed by atoms with Gasteiger partial charge < -0.3 is 28.6 Å². The van der Waals surface area contributed by atoms with Crippen LogP contribution in [0.1, 0.15) is 21.0 Å². The fourth-order valence-corrected chi connectivity index (χ4v) is 6.73. The van der Waals surface area contributed by atoms with E-state index in [1.165, 1.54) is 5.56 Å². The summed E-state index contributed by atoms with van der Waals surface area (Å²) in [6, 6.07) is 8.35. The number of thioether (sulfide) groups is 2. The summed E-state index contributed by atoms with van der Waals surface area (Å²) in [6.45, 7) is 0. The third-order valence-electron chi connectivity index (χ3n) is 4.98. The van der Waals surface area contributed by atoms with E-state index in [1.54, 1.807) is 35.5 Å². The maximum atomic E-state index is 5.61. The average Bonchev–Trinajstić information content (AvgIpc) is 3.27. The molecule has 30 heavy (non-hydrogen) atoms. The van der Waals surface area contributed by atoms with Gasteiger partial charge in [0.25, 0.3) is 0 Å². The maximum absolute atomic E-state index is 5.61. The van der Waals surface area contributed by atoms with Gasteiger partial charge in [0, 0.05) is 25.1 Å². The van der Waals surface area contributed by atoms with Crippen molar-refractivity contribution < 1.29 is 23.7 Å². The molecule has 0 amide bonds. The van der Waals surface area contributed by atoms with E-state index in [4.69, 9.17) is 23.7 Å². The lowest BCUT2D eigenvalue weighted by Crippen LogP contribution is -2.11. The third kappa shape index (κ3) is 4.34. The number of methoxy groups -OCH3 is 5. The normalized spacial score (nSPS) is 18.1. The lowest BCUT2D eigenvalue weighted by atomic mass is 10.1. The molecular formula is C22H29NO5S2. The number of hydrogen-bond donors (Lipinski definition) is 0. The predicted molar refractivity (Wildman–Crippen MR) is 126 cm³/mol. The second-order valence-electron chi connectivity index (χ2n) is 6.92. The molecule has 2 atom stereocenters. The van der Waals surface area contributed by atoms with Gasteiger partial charge in [-0.2, -0.15) is 0 Å². The quantitative estimate of drug-likeness (QED) is 0.555. The molecule has 0 saturated carbocycles. The highest BCUT2D eigenvalue weighted by Gasteiger charge is 2.31. The van der Waals surface area contributed by atoms with Crippen molar-refractivity contribution in [3.05, 3.63) is 35.4 Å². The molecule has 1 fully saturated rings. The average molecular weight is 452 g/mol. The Hall–Kier alpha value is -2.06. The van der Waals surface area contributed by atoms with E-state index in [0.717, 1.165) is 28.5 Å². The SMILES string of the molecule is COc1cc(C2CSC(c3cc(OC)c(OC)c(N(C)C)c3)S2)cc(OC)c1OC. The van der Waals surface area contributed by atoms with Crippen molar-refractivity contribution in [1.82, 2.24) is 0 Å². The van der Waals surface area contributed by atoms with Crippen molar-refractivity contribution in [2.45, 2.75) is 9.83 Å². The highest BCUT2D eigenvalue weighted by Crippen LogP contribution is 2.58. The van der Waals surface area contributed by atoms with Crippen LogP contribution in [0.4, 0.5) is 5.69 Å². The van der Waals surface area contributed by atoms with Gasteiger partial charge >= 0.3 is 0 Å². The molecule has 1 aliphatic heterocycles. The van der Waals surface area contributed by atoms with E-state index in [0.29, 0.717) is 22.5 Å². The summed E-state index contributed by atoms with van der Waals surface area (Å²) in [4.78, 5) is 2.05. The van der Waals surface area contributed by atoms with Crippen LogP contribution in [-0.2, 0) is 0 Å². The van der Waals surface area contributed by atoms with E-state index < -0.39 is 0 Å².